The summed E-state index contributed by atoms with van der Waals surface area (Å²) in [6.45, 7) is -0.511. The second-order valence-corrected chi connectivity index (χ2v) is 5.98. The van der Waals surface area contributed by atoms with E-state index in [0.29, 0.717) is 37.7 Å². The molecule has 9 heteroatoms. The van der Waals surface area contributed by atoms with Gasteiger partial charge in [-0.3, -0.25) is 4.79 Å². The molecule has 0 unspecified atom stereocenters. The van der Waals surface area contributed by atoms with Gasteiger partial charge in [0.1, 0.15) is 0 Å². The molecule has 0 spiro atoms. The number of rotatable bonds is 6. The highest BCUT2D eigenvalue weighted by Crippen LogP contribution is 2.29. The highest BCUT2D eigenvalue weighted by atomic mass is 19.3. The number of anilines is 1. The van der Waals surface area contributed by atoms with E-state index in [0.717, 1.165) is 0 Å². The van der Waals surface area contributed by atoms with E-state index in [1.165, 1.54) is 25.3 Å². The van der Waals surface area contributed by atoms with Crippen LogP contribution >= 0.6 is 0 Å². The summed E-state index contributed by atoms with van der Waals surface area (Å²) in [7, 11) is 1.36. The van der Waals surface area contributed by atoms with Gasteiger partial charge in [-0.15, -0.1) is 0 Å². The fourth-order valence-electron chi connectivity index (χ4n) is 2.84. The Morgan fingerprint density at radius 2 is 1.86 bits per heavy atom. The number of halogens is 2. The second kappa shape index (κ2) is 9.12. The molecule has 0 aliphatic carbocycles. The zero-order valence-corrected chi connectivity index (χ0v) is 15.3. The minimum absolute atomic E-state index is 0.0553. The van der Waals surface area contributed by atoms with Gasteiger partial charge >= 0.3 is 6.61 Å². The van der Waals surface area contributed by atoms with Gasteiger partial charge in [-0.2, -0.15) is 8.78 Å². The number of hydrogen-bond donors (Lipinski definition) is 0. The standard InChI is InChI=1S/C19H20F2N4O3/c1-27-16-13-14(3-5-15(16)28-18(20)21)4-6-17(26)24-9-11-25(12-10-24)19-22-7-2-8-23-19/h2-8,13,18H,9-12H2,1H3/b6-4+. The van der Waals surface area contributed by atoms with Crippen molar-refractivity contribution in [3.63, 3.8) is 0 Å². The molecule has 7 nitrogen and oxygen atoms in total. The predicted molar refractivity (Wildman–Crippen MR) is 99.5 cm³/mol. The van der Waals surface area contributed by atoms with Gasteiger partial charge in [0.2, 0.25) is 11.9 Å². The summed E-state index contributed by atoms with van der Waals surface area (Å²) in [5, 5.41) is 0. The highest BCUT2D eigenvalue weighted by Gasteiger charge is 2.21. The second-order valence-electron chi connectivity index (χ2n) is 5.98. The van der Waals surface area contributed by atoms with Crippen LogP contribution in [-0.2, 0) is 4.79 Å². The predicted octanol–water partition coefficient (Wildman–Crippen LogP) is 2.45. The molecule has 0 atom stereocenters. The van der Waals surface area contributed by atoms with Crippen molar-refractivity contribution in [3.05, 3.63) is 48.3 Å². The average Bonchev–Trinajstić information content (AvgIpc) is 2.73. The number of methoxy groups -OCH3 is 1. The van der Waals surface area contributed by atoms with Gasteiger partial charge in [0, 0.05) is 44.6 Å². The molecule has 28 heavy (non-hydrogen) atoms. The number of ether oxygens (including phenoxy) is 2. The van der Waals surface area contributed by atoms with Crippen molar-refractivity contribution in [1.82, 2.24) is 14.9 Å². The van der Waals surface area contributed by atoms with Crippen LogP contribution in [0.5, 0.6) is 11.5 Å². The summed E-state index contributed by atoms with van der Waals surface area (Å²) in [4.78, 5) is 24.6. The van der Waals surface area contributed by atoms with Crippen LogP contribution in [0.25, 0.3) is 6.08 Å². The van der Waals surface area contributed by atoms with Gasteiger partial charge in [0.25, 0.3) is 0 Å². The first-order chi connectivity index (χ1) is 13.6. The summed E-state index contributed by atoms with van der Waals surface area (Å²) < 4.78 is 34.2. The van der Waals surface area contributed by atoms with Gasteiger partial charge in [-0.1, -0.05) is 6.07 Å². The Bertz CT molecular complexity index is 825. The summed E-state index contributed by atoms with van der Waals surface area (Å²) in [6.07, 6.45) is 6.45. The van der Waals surface area contributed by atoms with E-state index in [1.807, 2.05) is 4.90 Å². The molecule has 1 fully saturated rings. The molecule has 3 rings (SSSR count). The Hall–Kier alpha value is -3.23. The van der Waals surface area contributed by atoms with Crippen molar-refractivity contribution in [2.45, 2.75) is 6.61 Å². The summed E-state index contributed by atoms with van der Waals surface area (Å²) >= 11 is 0. The minimum atomic E-state index is -2.93. The molecular weight excluding hydrogens is 370 g/mol. The van der Waals surface area contributed by atoms with Crippen molar-refractivity contribution >= 4 is 17.9 Å². The van der Waals surface area contributed by atoms with E-state index in [2.05, 4.69) is 14.7 Å². The maximum absolute atomic E-state index is 12.4. The molecule has 1 aliphatic rings. The monoisotopic (exact) mass is 390 g/mol. The number of alkyl halides is 2. The van der Waals surface area contributed by atoms with E-state index in [4.69, 9.17) is 4.74 Å². The van der Waals surface area contributed by atoms with Crippen molar-refractivity contribution in [3.8, 4) is 11.5 Å². The number of piperazine rings is 1. The molecule has 0 N–H and O–H groups in total. The van der Waals surface area contributed by atoms with Crippen molar-refractivity contribution in [2.24, 2.45) is 0 Å². The third kappa shape index (κ3) is 4.93. The van der Waals surface area contributed by atoms with Gasteiger partial charge in [-0.05, 0) is 29.8 Å². The van der Waals surface area contributed by atoms with E-state index in [1.54, 1.807) is 35.5 Å². The number of hydrogen-bond acceptors (Lipinski definition) is 6. The van der Waals surface area contributed by atoms with E-state index in [-0.39, 0.29) is 17.4 Å². The van der Waals surface area contributed by atoms with Gasteiger partial charge in [0.15, 0.2) is 11.5 Å². The Morgan fingerprint density at radius 3 is 2.50 bits per heavy atom. The molecule has 0 saturated carbocycles. The van der Waals surface area contributed by atoms with Crippen LogP contribution in [-0.4, -0.2) is 60.7 Å². The van der Waals surface area contributed by atoms with Gasteiger partial charge < -0.3 is 19.3 Å². The Kier molecular flexibility index (Phi) is 6.36. The third-order valence-electron chi connectivity index (χ3n) is 4.25. The van der Waals surface area contributed by atoms with Crippen molar-refractivity contribution in [2.75, 3.05) is 38.2 Å². The molecular formula is C19H20F2N4O3. The van der Waals surface area contributed by atoms with Gasteiger partial charge in [-0.25, -0.2) is 9.97 Å². The quantitative estimate of drug-likeness (QED) is 0.706. The van der Waals surface area contributed by atoms with Crippen LogP contribution < -0.4 is 14.4 Å². The molecule has 0 radical (unpaired) electrons. The van der Waals surface area contributed by atoms with Crippen LogP contribution in [0.2, 0.25) is 0 Å². The molecule has 1 saturated heterocycles. The number of benzene rings is 1. The first-order valence-corrected chi connectivity index (χ1v) is 8.68. The van der Waals surface area contributed by atoms with Gasteiger partial charge in [0.05, 0.1) is 7.11 Å². The van der Waals surface area contributed by atoms with E-state index < -0.39 is 6.61 Å². The van der Waals surface area contributed by atoms with Crippen LogP contribution in [0, 0.1) is 0 Å². The summed E-state index contributed by atoms with van der Waals surface area (Å²) in [5.41, 5.74) is 0.642. The average molecular weight is 390 g/mol. The molecule has 148 valence electrons. The highest BCUT2D eigenvalue weighted by molar-refractivity contribution is 5.92. The molecule has 1 aliphatic heterocycles. The lowest BCUT2D eigenvalue weighted by Crippen LogP contribution is -2.48. The Morgan fingerprint density at radius 1 is 1.14 bits per heavy atom. The topological polar surface area (TPSA) is 67.8 Å². The van der Waals surface area contributed by atoms with E-state index in [9.17, 15) is 13.6 Å². The number of amides is 1. The molecule has 0 bridgehead atoms. The van der Waals surface area contributed by atoms with Crippen molar-refractivity contribution < 1.29 is 23.0 Å². The molecule has 2 aromatic rings. The van der Waals surface area contributed by atoms with Crippen LogP contribution in [0.1, 0.15) is 5.56 Å². The zero-order valence-electron chi connectivity index (χ0n) is 15.3. The minimum Gasteiger partial charge on any atom is -0.493 e. The fraction of sp³-hybridized carbons (Fsp3) is 0.316. The Labute approximate surface area is 161 Å². The van der Waals surface area contributed by atoms with Crippen molar-refractivity contribution in [1.29, 1.82) is 0 Å². The molecule has 1 aromatic heterocycles. The Balaban J connectivity index is 1.58. The summed E-state index contributed by atoms with van der Waals surface area (Å²) in [6, 6.07) is 6.25. The number of aromatic nitrogens is 2. The number of carbonyl (C=O) groups is 1. The third-order valence-corrected chi connectivity index (χ3v) is 4.25. The first-order valence-electron chi connectivity index (χ1n) is 8.68. The van der Waals surface area contributed by atoms with Crippen LogP contribution in [0.3, 0.4) is 0 Å². The SMILES string of the molecule is COc1cc(/C=C/C(=O)N2CCN(c3ncccn3)CC2)ccc1OC(F)F. The summed E-state index contributed by atoms with van der Waals surface area (Å²) in [5.74, 6) is 0.649. The molecule has 1 aromatic carbocycles. The molecule has 1 amide bonds. The van der Waals surface area contributed by atoms with Crippen LogP contribution in [0.4, 0.5) is 14.7 Å². The van der Waals surface area contributed by atoms with Crippen LogP contribution in [0.15, 0.2) is 42.7 Å². The smallest absolute Gasteiger partial charge is 0.387 e. The largest absolute Gasteiger partial charge is 0.493 e. The molecule has 2 heterocycles. The number of nitrogens with zero attached hydrogens (tertiary/aromatic N) is 4. The number of carbonyl (C=O) groups excluding carboxylic acids is 1. The van der Waals surface area contributed by atoms with E-state index >= 15 is 0 Å². The lowest BCUT2D eigenvalue weighted by Gasteiger charge is -2.34. The maximum atomic E-state index is 12.4. The normalized spacial score (nSPS) is 14.6. The first kappa shape index (κ1) is 19.5. The fourth-order valence-corrected chi connectivity index (χ4v) is 2.84. The zero-order chi connectivity index (χ0) is 19.9. The maximum Gasteiger partial charge on any atom is 0.387 e. The lowest BCUT2D eigenvalue weighted by molar-refractivity contribution is -0.126. The lowest BCUT2D eigenvalue weighted by atomic mass is 10.2.